The van der Waals surface area contributed by atoms with Crippen molar-refractivity contribution in [2.45, 2.75) is 26.2 Å². The Bertz CT molecular complexity index is 920. The molecular formula is C23H22N2O3. The minimum atomic E-state index is -0.384. The first kappa shape index (κ1) is 19.3. The molecule has 0 radical (unpaired) electrons. The van der Waals surface area contributed by atoms with Crippen molar-refractivity contribution in [1.29, 1.82) is 0 Å². The van der Waals surface area contributed by atoms with Crippen LogP contribution < -0.4 is 10.1 Å². The van der Waals surface area contributed by atoms with Gasteiger partial charge in [0.2, 0.25) is 5.91 Å². The van der Waals surface area contributed by atoms with Crippen LogP contribution in [0, 0.1) is 0 Å². The fourth-order valence-corrected chi connectivity index (χ4v) is 2.76. The van der Waals surface area contributed by atoms with Crippen molar-refractivity contribution >= 4 is 11.8 Å². The molecule has 0 spiro atoms. The quantitative estimate of drug-likeness (QED) is 0.668. The first-order chi connectivity index (χ1) is 13.6. The Morgan fingerprint density at radius 2 is 1.46 bits per heavy atom. The summed E-state index contributed by atoms with van der Waals surface area (Å²) < 4.78 is 5.69. The average Bonchev–Trinajstić information content (AvgIpc) is 2.71. The number of hydrogen-bond acceptors (Lipinski definition) is 4. The number of carbonyl (C=O) groups is 2. The molecule has 28 heavy (non-hydrogen) atoms. The third-order valence-electron chi connectivity index (χ3n) is 4.18. The van der Waals surface area contributed by atoms with Gasteiger partial charge in [0.25, 0.3) is 5.91 Å². The fourth-order valence-electron chi connectivity index (χ4n) is 2.76. The van der Waals surface area contributed by atoms with Crippen molar-refractivity contribution in [1.82, 2.24) is 10.3 Å². The van der Waals surface area contributed by atoms with E-state index in [1.165, 1.54) is 5.56 Å². The highest BCUT2D eigenvalue weighted by Gasteiger charge is 2.11. The van der Waals surface area contributed by atoms with Crippen molar-refractivity contribution in [3.8, 4) is 11.5 Å². The Kier molecular flexibility index (Phi) is 6.52. The summed E-state index contributed by atoms with van der Waals surface area (Å²) in [5.74, 6) is 0.630. The molecule has 1 heterocycles. The molecule has 0 aliphatic heterocycles. The molecule has 0 fully saturated rings. The lowest BCUT2D eigenvalue weighted by Gasteiger charge is -2.07. The first-order valence-corrected chi connectivity index (χ1v) is 9.24. The maximum Gasteiger partial charge on any atom is 0.257 e. The van der Waals surface area contributed by atoms with Crippen molar-refractivity contribution in [2.75, 3.05) is 0 Å². The van der Waals surface area contributed by atoms with Gasteiger partial charge in [-0.3, -0.25) is 19.9 Å². The number of ether oxygens (including phenoxy) is 1. The monoisotopic (exact) mass is 374 g/mol. The van der Waals surface area contributed by atoms with Gasteiger partial charge in [-0.25, -0.2) is 0 Å². The van der Waals surface area contributed by atoms with Gasteiger partial charge in [0.05, 0.1) is 6.42 Å². The van der Waals surface area contributed by atoms with Crippen LogP contribution >= 0.6 is 0 Å². The number of hydrogen-bond donors (Lipinski definition) is 1. The molecule has 1 aromatic heterocycles. The van der Waals surface area contributed by atoms with Gasteiger partial charge >= 0.3 is 0 Å². The van der Waals surface area contributed by atoms with Crippen molar-refractivity contribution < 1.29 is 14.3 Å². The van der Waals surface area contributed by atoms with E-state index in [9.17, 15) is 9.59 Å². The van der Waals surface area contributed by atoms with E-state index in [-0.39, 0.29) is 18.2 Å². The molecule has 0 unspecified atom stereocenters. The second-order valence-electron chi connectivity index (χ2n) is 6.43. The highest BCUT2D eigenvalue weighted by Crippen LogP contribution is 2.20. The Labute approximate surface area is 164 Å². The second-order valence-corrected chi connectivity index (χ2v) is 6.43. The number of nitrogens with one attached hydrogen (secondary N) is 1. The fraction of sp³-hybridized carbons (Fsp3) is 0.174. The van der Waals surface area contributed by atoms with Crippen LogP contribution in [0.3, 0.4) is 0 Å². The zero-order valence-corrected chi connectivity index (χ0v) is 15.7. The van der Waals surface area contributed by atoms with E-state index in [2.05, 4.69) is 17.2 Å². The largest absolute Gasteiger partial charge is 0.457 e. The maximum atomic E-state index is 12.2. The third-order valence-corrected chi connectivity index (χ3v) is 4.18. The van der Waals surface area contributed by atoms with Gasteiger partial charge in [-0.2, -0.15) is 0 Å². The van der Waals surface area contributed by atoms with Gasteiger partial charge in [0.1, 0.15) is 11.5 Å². The van der Waals surface area contributed by atoms with E-state index < -0.39 is 0 Å². The Balaban J connectivity index is 1.53. The average molecular weight is 374 g/mol. The van der Waals surface area contributed by atoms with Crippen LogP contribution in [0.2, 0.25) is 0 Å². The summed E-state index contributed by atoms with van der Waals surface area (Å²) in [6.45, 7) is 2.11. The van der Waals surface area contributed by atoms with Gasteiger partial charge in [-0.1, -0.05) is 37.6 Å². The molecule has 3 aromatic rings. The van der Waals surface area contributed by atoms with Gasteiger partial charge in [-0.15, -0.1) is 0 Å². The summed E-state index contributed by atoms with van der Waals surface area (Å²) in [6, 6.07) is 18.1. The number of carbonyl (C=O) groups excluding carboxylic acids is 2. The van der Waals surface area contributed by atoms with Crippen molar-refractivity contribution in [3.63, 3.8) is 0 Å². The third kappa shape index (κ3) is 5.51. The standard InChI is InChI=1S/C23H22N2O3/c1-2-3-17-4-8-19(9-5-17)23(27)25-22(26)16-18-6-10-20(11-7-18)28-21-12-14-24-15-13-21/h4-15H,2-3,16H2,1H3,(H,25,26,27). The number of aryl methyl sites for hydroxylation is 1. The number of pyridine rings is 1. The van der Waals surface area contributed by atoms with Gasteiger partial charge < -0.3 is 4.74 Å². The molecule has 0 aliphatic carbocycles. The summed E-state index contributed by atoms with van der Waals surface area (Å²) in [4.78, 5) is 28.3. The van der Waals surface area contributed by atoms with Crippen molar-refractivity contribution in [3.05, 3.63) is 89.7 Å². The molecule has 1 N–H and O–H groups in total. The van der Waals surface area contributed by atoms with Crippen LogP contribution in [0.4, 0.5) is 0 Å². The van der Waals surface area contributed by atoms with Crippen LogP contribution in [0.1, 0.15) is 34.8 Å². The van der Waals surface area contributed by atoms with Gasteiger partial charge in [0.15, 0.2) is 0 Å². The van der Waals surface area contributed by atoms with E-state index >= 15 is 0 Å². The summed E-state index contributed by atoms with van der Waals surface area (Å²) in [5, 5.41) is 2.43. The van der Waals surface area contributed by atoms with Gasteiger partial charge in [-0.05, 0) is 53.9 Å². The van der Waals surface area contributed by atoms with Crippen LogP contribution in [0.5, 0.6) is 11.5 Å². The molecule has 0 aliphatic rings. The number of amides is 2. The van der Waals surface area contributed by atoms with Crippen LogP contribution in [-0.2, 0) is 17.6 Å². The molecule has 3 rings (SSSR count). The molecule has 2 aromatic carbocycles. The number of aromatic nitrogens is 1. The number of rotatable bonds is 7. The topological polar surface area (TPSA) is 68.3 Å². The van der Waals surface area contributed by atoms with Crippen LogP contribution in [-0.4, -0.2) is 16.8 Å². The first-order valence-electron chi connectivity index (χ1n) is 9.24. The molecule has 142 valence electrons. The molecular weight excluding hydrogens is 352 g/mol. The molecule has 5 heteroatoms. The Morgan fingerprint density at radius 3 is 2.11 bits per heavy atom. The maximum absolute atomic E-state index is 12.2. The van der Waals surface area contributed by atoms with Crippen molar-refractivity contribution in [2.24, 2.45) is 0 Å². The molecule has 0 atom stereocenters. The van der Waals surface area contributed by atoms with E-state index in [4.69, 9.17) is 4.74 Å². The van der Waals surface area contributed by atoms with E-state index in [0.717, 1.165) is 18.4 Å². The minimum absolute atomic E-state index is 0.120. The molecule has 0 bridgehead atoms. The highest BCUT2D eigenvalue weighted by atomic mass is 16.5. The SMILES string of the molecule is CCCc1ccc(C(=O)NC(=O)Cc2ccc(Oc3ccncc3)cc2)cc1. The van der Waals surface area contributed by atoms with E-state index in [1.54, 1.807) is 60.9 Å². The van der Waals surface area contributed by atoms with E-state index in [0.29, 0.717) is 17.1 Å². The van der Waals surface area contributed by atoms with E-state index in [1.807, 2.05) is 12.1 Å². The highest BCUT2D eigenvalue weighted by molar-refractivity contribution is 6.05. The summed E-state index contributed by atoms with van der Waals surface area (Å²) >= 11 is 0. The summed E-state index contributed by atoms with van der Waals surface area (Å²) in [6.07, 6.45) is 5.46. The Hall–Kier alpha value is -3.47. The Morgan fingerprint density at radius 1 is 0.857 bits per heavy atom. The molecule has 5 nitrogen and oxygen atoms in total. The molecule has 0 saturated carbocycles. The van der Waals surface area contributed by atoms with Gasteiger partial charge in [0, 0.05) is 18.0 Å². The predicted octanol–water partition coefficient (Wildman–Crippen LogP) is 4.33. The number of nitrogens with zero attached hydrogens (tertiary/aromatic N) is 1. The summed E-state index contributed by atoms with van der Waals surface area (Å²) in [5.41, 5.74) is 2.46. The second kappa shape index (κ2) is 9.46. The smallest absolute Gasteiger partial charge is 0.257 e. The number of imide groups is 1. The predicted molar refractivity (Wildman–Crippen MR) is 107 cm³/mol. The minimum Gasteiger partial charge on any atom is -0.457 e. The summed E-state index contributed by atoms with van der Waals surface area (Å²) in [7, 11) is 0. The lowest BCUT2D eigenvalue weighted by molar-refractivity contribution is -0.119. The number of benzene rings is 2. The zero-order chi connectivity index (χ0) is 19.8. The lowest BCUT2D eigenvalue weighted by Crippen LogP contribution is -2.31. The van der Waals surface area contributed by atoms with Crippen LogP contribution in [0.25, 0.3) is 0 Å². The normalized spacial score (nSPS) is 10.3. The zero-order valence-electron chi connectivity index (χ0n) is 15.7. The lowest BCUT2D eigenvalue weighted by atomic mass is 10.1. The molecule has 0 saturated heterocycles. The van der Waals surface area contributed by atoms with Crippen LogP contribution in [0.15, 0.2) is 73.1 Å². The molecule has 2 amide bonds.